The highest BCUT2D eigenvalue weighted by atomic mass is 35.5. The molecule has 1 N–H and O–H groups in total. The Bertz CT molecular complexity index is 546. The Balaban J connectivity index is 2.11. The highest BCUT2D eigenvalue weighted by molar-refractivity contribution is 6.30. The van der Waals surface area contributed by atoms with E-state index in [4.69, 9.17) is 11.6 Å². The van der Waals surface area contributed by atoms with Gasteiger partial charge in [0.25, 0.3) is 0 Å². The summed E-state index contributed by atoms with van der Waals surface area (Å²) in [7, 11) is 0. The van der Waals surface area contributed by atoms with Crippen LogP contribution in [0.2, 0.25) is 5.02 Å². The summed E-state index contributed by atoms with van der Waals surface area (Å²) in [4.78, 5) is 7.77. The molecule has 0 aliphatic rings. The predicted molar refractivity (Wildman–Crippen MR) is 70.1 cm³/mol. The van der Waals surface area contributed by atoms with Crippen molar-refractivity contribution in [2.75, 3.05) is 5.32 Å². The maximum Gasteiger partial charge on any atom is 0.186 e. The molecule has 2 rings (SSSR count). The third kappa shape index (κ3) is 2.96. The van der Waals surface area contributed by atoms with Crippen LogP contribution in [0, 0.1) is 5.82 Å². The van der Waals surface area contributed by atoms with Gasteiger partial charge >= 0.3 is 0 Å². The Morgan fingerprint density at radius 2 is 2.17 bits per heavy atom. The Kier molecular flexibility index (Phi) is 4.10. The van der Waals surface area contributed by atoms with Gasteiger partial charge in [0.2, 0.25) is 0 Å². The third-order valence-electron chi connectivity index (χ3n) is 2.55. The van der Waals surface area contributed by atoms with Crippen molar-refractivity contribution in [3.63, 3.8) is 0 Å². The molecule has 1 aromatic heterocycles. The molecule has 1 heterocycles. The van der Waals surface area contributed by atoms with Gasteiger partial charge in [0, 0.05) is 11.6 Å². The second kappa shape index (κ2) is 5.78. The molecule has 94 valence electrons. The molecule has 0 fully saturated rings. The van der Waals surface area contributed by atoms with Gasteiger partial charge in [-0.15, -0.1) is 0 Å². The second-order valence-electron chi connectivity index (χ2n) is 3.82. The molecule has 18 heavy (non-hydrogen) atoms. The van der Waals surface area contributed by atoms with Crippen LogP contribution in [0.1, 0.15) is 18.2 Å². The molecule has 3 nitrogen and oxygen atoms in total. The first-order valence-electron chi connectivity index (χ1n) is 5.68. The zero-order chi connectivity index (χ0) is 13.0. The van der Waals surface area contributed by atoms with E-state index in [1.165, 1.54) is 6.33 Å². The summed E-state index contributed by atoms with van der Waals surface area (Å²) in [6.45, 7) is 2.32. The van der Waals surface area contributed by atoms with Crippen molar-refractivity contribution in [3.8, 4) is 0 Å². The highest BCUT2D eigenvalue weighted by Crippen LogP contribution is 2.16. The maximum atomic E-state index is 13.8. The SMILES string of the molecule is CCc1ncnc(NCc2cccc(Cl)c2)c1F. The van der Waals surface area contributed by atoms with E-state index in [1.54, 1.807) is 6.07 Å². The molecule has 0 saturated heterocycles. The number of hydrogen-bond acceptors (Lipinski definition) is 3. The van der Waals surface area contributed by atoms with Crippen molar-refractivity contribution in [1.82, 2.24) is 9.97 Å². The number of aromatic nitrogens is 2. The summed E-state index contributed by atoms with van der Waals surface area (Å²) in [6, 6.07) is 7.39. The Labute approximate surface area is 110 Å². The molecule has 0 bridgehead atoms. The molecule has 0 atom stereocenters. The van der Waals surface area contributed by atoms with Crippen LogP contribution >= 0.6 is 11.6 Å². The van der Waals surface area contributed by atoms with E-state index >= 15 is 0 Å². The third-order valence-corrected chi connectivity index (χ3v) is 2.78. The Hall–Kier alpha value is -1.68. The zero-order valence-corrected chi connectivity index (χ0v) is 10.7. The van der Waals surface area contributed by atoms with Gasteiger partial charge in [-0.3, -0.25) is 0 Å². The summed E-state index contributed by atoms with van der Waals surface area (Å²) in [5, 5.41) is 3.61. The van der Waals surface area contributed by atoms with E-state index in [2.05, 4.69) is 15.3 Å². The number of anilines is 1. The standard InChI is InChI=1S/C13H13ClFN3/c1-2-11-12(15)13(18-8-17-11)16-7-9-4-3-5-10(14)6-9/h3-6,8H,2,7H2,1H3,(H,16,17,18). The van der Waals surface area contributed by atoms with Crippen molar-refractivity contribution in [3.05, 3.63) is 52.7 Å². The van der Waals surface area contributed by atoms with E-state index in [-0.39, 0.29) is 11.6 Å². The van der Waals surface area contributed by atoms with Gasteiger partial charge in [-0.2, -0.15) is 0 Å². The topological polar surface area (TPSA) is 37.8 Å². The average Bonchev–Trinajstić information content (AvgIpc) is 2.38. The van der Waals surface area contributed by atoms with Gasteiger partial charge in [-0.25, -0.2) is 14.4 Å². The molecular formula is C13H13ClFN3. The number of halogens is 2. The summed E-state index contributed by atoms with van der Waals surface area (Å²) >= 11 is 5.88. The molecule has 0 amide bonds. The quantitative estimate of drug-likeness (QED) is 0.920. The van der Waals surface area contributed by atoms with Crippen molar-refractivity contribution < 1.29 is 4.39 Å². The van der Waals surface area contributed by atoms with E-state index < -0.39 is 0 Å². The van der Waals surface area contributed by atoms with Crippen LogP contribution in [0.25, 0.3) is 0 Å². The molecular weight excluding hydrogens is 253 g/mol. The monoisotopic (exact) mass is 265 g/mol. The molecule has 0 aliphatic heterocycles. The van der Waals surface area contributed by atoms with E-state index in [9.17, 15) is 4.39 Å². The summed E-state index contributed by atoms with van der Waals surface area (Å²) in [6.07, 6.45) is 1.91. The number of nitrogens with zero attached hydrogens (tertiary/aromatic N) is 2. The summed E-state index contributed by atoms with van der Waals surface area (Å²) < 4.78 is 13.8. The number of rotatable bonds is 4. The molecule has 0 saturated carbocycles. The van der Waals surface area contributed by atoms with Gasteiger partial charge in [0.1, 0.15) is 6.33 Å². The molecule has 0 spiro atoms. The van der Waals surface area contributed by atoms with Crippen molar-refractivity contribution in [2.24, 2.45) is 0 Å². The lowest BCUT2D eigenvalue weighted by atomic mass is 10.2. The average molecular weight is 266 g/mol. The van der Waals surface area contributed by atoms with Crippen LogP contribution in [-0.2, 0) is 13.0 Å². The lowest BCUT2D eigenvalue weighted by Crippen LogP contribution is -2.06. The predicted octanol–water partition coefficient (Wildman–Crippen LogP) is 3.44. The zero-order valence-electron chi connectivity index (χ0n) is 9.95. The van der Waals surface area contributed by atoms with E-state index in [0.717, 1.165) is 5.56 Å². The number of hydrogen-bond donors (Lipinski definition) is 1. The molecule has 2 aromatic rings. The molecule has 0 radical (unpaired) electrons. The maximum absolute atomic E-state index is 13.8. The molecule has 1 aromatic carbocycles. The molecule has 0 unspecified atom stereocenters. The van der Waals surface area contributed by atoms with Crippen LogP contribution in [0.3, 0.4) is 0 Å². The fourth-order valence-electron chi connectivity index (χ4n) is 1.61. The molecule has 0 aliphatic carbocycles. The van der Waals surface area contributed by atoms with Crippen LogP contribution < -0.4 is 5.32 Å². The van der Waals surface area contributed by atoms with Gasteiger partial charge in [0.05, 0.1) is 5.69 Å². The largest absolute Gasteiger partial charge is 0.363 e. The fraction of sp³-hybridized carbons (Fsp3) is 0.231. The Morgan fingerprint density at radius 3 is 2.89 bits per heavy atom. The smallest absolute Gasteiger partial charge is 0.186 e. The number of benzene rings is 1. The van der Waals surface area contributed by atoms with E-state index in [0.29, 0.717) is 23.7 Å². The summed E-state index contributed by atoms with van der Waals surface area (Å²) in [5.74, 6) is -0.163. The van der Waals surface area contributed by atoms with Crippen LogP contribution in [0.15, 0.2) is 30.6 Å². The van der Waals surface area contributed by atoms with Gasteiger partial charge in [0.15, 0.2) is 11.6 Å². The van der Waals surface area contributed by atoms with Crippen LogP contribution in [0.5, 0.6) is 0 Å². The lowest BCUT2D eigenvalue weighted by molar-refractivity contribution is 0.596. The fourth-order valence-corrected chi connectivity index (χ4v) is 1.82. The van der Waals surface area contributed by atoms with Crippen LogP contribution in [0.4, 0.5) is 10.2 Å². The lowest BCUT2D eigenvalue weighted by Gasteiger charge is -2.08. The number of aryl methyl sites for hydroxylation is 1. The minimum Gasteiger partial charge on any atom is -0.363 e. The first-order valence-corrected chi connectivity index (χ1v) is 6.06. The first kappa shape index (κ1) is 12.8. The van der Waals surface area contributed by atoms with Crippen molar-refractivity contribution >= 4 is 17.4 Å². The second-order valence-corrected chi connectivity index (χ2v) is 4.26. The highest BCUT2D eigenvalue weighted by Gasteiger charge is 2.08. The Morgan fingerprint density at radius 1 is 1.33 bits per heavy atom. The van der Waals surface area contributed by atoms with Crippen molar-refractivity contribution in [2.45, 2.75) is 19.9 Å². The minimum atomic E-state index is -0.387. The van der Waals surface area contributed by atoms with Crippen LogP contribution in [-0.4, -0.2) is 9.97 Å². The van der Waals surface area contributed by atoms with E-state index in [1.807, 2.05) is 25.1 Å². The number of nitrogens with one attached hydrogen (secondary N) is 1. The van der Waals surface area contributed by atoms with Crippen molar-refractivity contribution in [1.29, 1.82) is 0 Å². The normalized spacial score (nSPS) is 10.4. The van der Waals surface area contributed by atoms with Gasteiger partial charge in [-0.1, -0.05) is 30.7 Å². The molecule has 5 heteroatoms. The van der Waals surface area contributed by atoms with Gasteiger partial charge in [-0.05, 0) is 24.1 Å². The summed E-state index contributed by atoms with van der Waals surface area (Å²) in [5.41, 5.74) is 1.39. The minimum absolute atomic E-state index is 0.224. The van der Waals surface area contributed by atoms with Gasteiger partial charge < -0.3 is 5.32 Å². The first-order chi connectivity index (χ1) is 8.70.